The van der Waals surface area contributed by atoms with Crippen LogP contribution in [0.1, 0.15) is 45.2 Å². The summed E-state index contributed by atoms with van der Waals surface area (Å²) in [5.41, 5.74) is 2.02. The van der Waals surface area contributed by atoms with E-state index >= 15 is 0 Å². The Morgan fingerprint density at radius 1 is 0.900 bits per heavy atom. The van der Waals surface area contributed by atoms with Crippen LogP contribution in [-0.2, 0) is 32.6 Å². The maximum absolute atomic E-state index is 14.1. The van der Waals surface area contributed by atoms with E-state index in [-0.39, 0.29) is 23.4 Å². The molecule has 0 saturated heterocycles. The Bertz CT molecular complexity index is 1380. The number of ether oxygens (including phenoxy) is 1. The number of sulfonamides is 1. The van der Waals surface area contributed by atoms with Gasteiger partial charge in [-0.05, 0) is 68.1 Å². The third kappa shape index (κ3) is 7.41. The highest BCUT2D eigenvalue weighted by Crippen LogP contribution is 2.28. The molecule has 0 aliphatic carbocycles. The molecule has 0 heterocycles. The maximum atomic E-state index is 14.1. The van der Waals surface area contributed by atoms with Crippen LogP contribution in [0.15, 0.2) is 83.8 Å². The second-order valence-electron chi connectivity index (χ2n) is 9.76. The van der Waals surface area contributed by atoms with Crippen molar-refractivity contribution >= 4 is 27.5 Å². The average molecular weight is 566 g/mol. The predicted molar refractivity (Wildman–Crippen MR) is 158 cm³/mol. The van der Waals surface area contributed by atoms with Gasteiger partial charge in [0.2, 0.25) is 11.8 Å². The monoisotopic (exact) mass is 565 g/mol. The minimum atomic E-state index is -4.10. The summed E-state index contributed by atoms with van der Waals surface area (Å²) < 4.78 is 34.4. The summed E-state index contributed by atoms with van der Waals surface area (Å²) in [5.74, 6) is -0.0969. The lowest BCUT2D eigenvalue weighted by Gasteiger charge is -2.34. The molecule has 40 heavy (non-hydrogen) atoms. The van der Waals surface area contributed by atoms with Gasteiger partial charge in [0.1, 0.15) is 18.3 Å². The van der Waals surface area contributed by atoms with E-state index < -0.39 is 28.5 Å². The number of nitrogens with one attached hydrogen (secondary N) is 1. The Labute approximate surface area is 238 Å². The second kappa shape index (κ2) is 14.0. The first kappa shape index (κ1) is 30.7. The lowest BCUT2D eigenvalue weighted by molar-refractivity contribution is -0.140. The van der Waals surface area contributed by atoms with E-state index in [9.17, 15) is 18.0 Å². The van der Waals surface area contributed by atoms with Crippen molar-refractivity contribution in [1.29, 1.82) is 0 Å². The molecule has 0 aromatic heterocycles. The zero-order chi connectivity index (χ0) is 29.3. The van der Waals surface area contributed by atoms with Gasteiger partial charge in [-0.25, -0.2) is 8.42 Å². The average Bonchev–Trinajstić information content (AvgIpc) is 2.96. The van der Waals surface area contributed by atoms with Gasteiger partial charge in [0.15, 0.2) is 0 Å². The zero-order valence-electron chi connectivity index (χ0n) is 23.8. The molecule has 3 aromatic rings. The largest absolute Gasteiger partial charge is 0.497 e. The molecule has 1 unspecified atom stereocenters. The number of rotatable bonds is 13. The first-order valence-electron chi connectivity index (χ1n) is 13.5. The quantitative estimate of drug-likeness (QED) is 0.322. The highest BCUT2D eigenvalue weighted by Gasteiger charge is 2.34. The molecule has 1 N–H and O–H groups in total. The number of benzene rings is 3. The summed E-state index contributed by atoms with van der Waals surface area (Å²) in [7, 11) is -2.53. The number of aryl methyl sites for hydroxylation is 1. The van der Waals surface area contributed by atoms with Crippen LogP contribution in [0.5, 0.6) is 5.75 Å². The third-order valence-electron chi connectivity index (χ3n) is 6.58. The molecule has 2 amide bonds. The van der Waals surface area contributed by atoms with Crippen LogP contribution in [0, 0.1) is 0 Å². The maximum Gasteiger partial charge on any atom is 0.264 e. The highest BCUT2D eigenvalue weighted by atomic mass is 32.2. The number of anilines is 1. The Morgan fingerprint density at radius 3 is 2.10 bits per heavy atom. The van der Waals surface area contributed by atoms with E-state index in [0.29, 0.717) is 24.3 Å². The van der Waals surface area contributed by atoms with Crippen molar-refractivity contribution in [3.05, 3.63) is 90.0 Å². The lowest BCUT2D eigenvalue weighted by atomic mass is 10.1. The first-order chi connectivity index (χ1) is 19.1. The molecule has 3 rings (SSSR count). The fraction of sp³-hybridized carbons (Fsp3) is 0.355. The number of hydrogen-bond donors (Lipinski definition) is 1. The molecular weight excluding hydrogens is 526 g/mol. The SMILES string of the molecule is CCc1ccccc1N(CC(=O)N(Cc1ccc(OC)cc1)C(CC)C(=O)NC(C)C)S(=O)(=O)c1ccccc1. The normalized spacial score (nSPS) is 12.1. The van der Waals surface area contributed by atoms with Gasteiger partial charge in [-0.1, -0.05) is 62.4 Å². The summed E-state index contributed by atoms with van der Waals surface area (Å²) >= 11 is 0. The molecule has 0 fully saturated rings. The Hall–Kier alpha value is -3.85. The Morgan fingerprint density at radius 2 is 1.52 bits per heavy atom. The van der Waals surface area contributed by atoms with Crippen LogP contribution in [0.3, 0.4) is 0 Å². The number of hydrogen-bond acceptors (Lipinski definition) is 5. The molecule has 0 radical (unpaired) electrons. The van der Waals surface area contributed by atoms with Crippen LogP contribution in [0.25, 0.3) is 0 Å². The highest BCUT2D eigenvalue weighted by molar-refractivity contribution is 7.92. The molecule has 0 bridgehead atoms. The van der Waals surface area contributed by atoms with E-state index in [1.165, 1.54) is 17.0 Å². The topological polar surface area (TPSA) is 96.0 Å². The predicted octanol–water partition coefficient (Wildman–Crippen LogP) is 4.78. The van der Waals surface area contributed by atoms with Crippen LogP contribution in [0.2, 0.25) is 0 Å². The molecule has 8 nitrogen and oxygen atoms in total. The summed E-state index contributed by atoms with van der Waals surface area (Å²) in [6.45, 7) is 7.15. The van der Waals surface area contributed by atoms with E-state index in [4.69, 9.17) is 4.74 Å². The molecule has 0 spiro atoms. The molecular formula is C31H39N3O5S. The van der Waals surface area contributed by atoms with Crippen molar-refractivity contribution in [2.24, 2.45) is 0 Å². The lowest BCUT2D eigenvalue weighted by Crippen LogP contribution is -2.53. The standard InChI is InChI=1S/C31H39N3O5S/c1-6-25-13-11-12-16-29(25)34(40(37,38)27-14-9-8-10-15-27)22-30(35)33(28(7-2)31(36)32-23(3)4)21-24-17-19-26(39-5)20-18-24/h8-20,23,28H,6-7,21-22H2,1-5H3,(H,32,36). The van der Waals surface area contributed by atoms with Crippen molar-refractivity contribution < 1.29 is 22.7 Å². The second-order valence-corrected chi connectivity index (χ2v) is 11.6. The van der Waals surface area contributed by atoms with E-state index in [2.05, 4.69) is 5.32 Å². The van der Waals surface area contributed by atoms with E-state index in [0.717, 1.165) is 15.4 Å². The van der Waals surface area contributed by atoms with Gasteiger partial charge in [-0.3, -0.25) is 13.9 Å². The summed E-state index contributed by atoms with van der Waals surface area (Å²) in [4.78, 5) is 28.9. The van der Waals surface area contributed by atoms with Gasteiger partial charge in [-0.2, -0.15) is 0 Å². The van der Waals surface area contributed by atoms with Crippen LogP contribution in [-0.4, -0.2) is 50.9 Å². The van der Waals surface area contributed by atoms with Gasteiger partial charge in [0.05, 0.1) is 17.7 Å². The minimum Gasteiger partial charge on any atom is -0.497 e. The Kier molecular flexibility index (Phi) is 10.7. The van der Waals surface area contributed by atoms with Gasteiger partial charge in [0.25, 0.3) is 10.0 Å². The fourth-order valence-corrected chi connectivity index (χ4v) is 5.99. The molecule has 0 aliphatic heterocycles. The van der Waals surface area contributed by atoms with Gasteiger partial charge in [-0.15, -0.1) is 0 Å². The number of carbonyl (C=O) groups excluding carboxylic acids is 2. The summed E-state index contributed by atoms with van der Waals surface area (Å²) in [6.07, 6.45) is 0.937. The number of nitrogens with zero attached hydrogens (tertiary/aromatic N) is 2. The molecule has 214 valence electrons. The molecule has 0 saturated carbocycles. The van der Waals surface area contributed by atoms with Crippen molar-refractivity contribution in [1.82, 2.24) is 10.2 Å². The van der Waals surface area contributed by atoms with Crippen molar-refractivity contribution in [2.45, 2.75) is 64.1 Å². The molecule has 0 aliphatic rings. The zero-order valence-corrected chi connectivity index (χ0v) is 24.6. The van der Waals surface area contributed by atoms with Gasteiger partial charge in [0, 0.05) is 12.6 Å². The summed E-state index contributed by atoms with van der Waals surface area (Å²) in [6, 6.07) is 21.6. The fourth-order valence-electron chi connectivity index (χ4n) is 4.51. The molecule has 1 atom stereocenters. The minimum absolute atomic E-state index is 0.0833. The van der Waals surface area contributed by atoms with Crippen molar-refractivity contribution in [3.8, 4) is 5.75 Å². The first-order valence-corrected chi connectivity index (χ1v) is 14.9. The summed E-state index contributed by atoms with van der Waals surface area (Å²) in [5, 5.41) is 2.91. The third-order valence-corrected chi connectivity index (χ3v) is 8.35. The van der Waals surface area contributed by atoms with E-state index in [1.807, 2.05) is 52.0 Å². The number of amides is 2. The molecule has 9 heteroatoms. The van der Waals surface area contributed by atoms with Crippen LogP contribution < -0.4 is 14.4 Å². The van der Waals surface area contributed by atoms with Crippen LogP contribution >= 0.6 is 0 Å². The van der Waals surface area contributed by atoms with Crippen LogP contribution in [0.4, 0.5) is 5.69 Å². The van der Waals surface area contributed by atoms with Gasteiger partial charge < -0.3 is 15.0 Å². The number of carbonyl (C=O) groups is 2. The molecule has 3 aromatic carbocycles. The van der Waals surface area contributed by atoms with Crippen molar-refractivity contribution in [2.75, 3.05) is 18.0 Å². The smallest absolute Gasteiger partial charge is 0.264 e. The number of methoxy groups -OCH3 is 1. The van der Waals surface area contributed by atoms with Crippen molar-refractivity contribution in [3.63, 3.8) is 0 Å². The number of para-hydroxylation sites is 1. The van der Waals surface area contributed by atoms with Gasteiger partial charge >= 0.3 is 0 Å². The van der Waals surface area contributed by atoms with E-state index in [1.54, 1.807) is 49.6 Å². The Balaban J connectivity index is 2.08.